The number of carbonyl (C=O) groups is 1. The fourth-order valence-electron chi connectivity index (χ4n) is 1.21. The van der Waals surface area contributed by atoms with E-state index in [9.17, 15) is 9.90 Å². The fourth-order valence-corrected chi connectivity index (χ4v) is 1.21. The summed E-state index contributed by atoms with van der Waals surface area (Å²) >= 11 is 0. The molecule has 0 saturated heterocycles. The largest absolute Gasteiger partial charge is 1.00 e. The summed E-state index contributed by atoms with van der Waals surface area (Å²) in [5.41, 5.74) is 1.01. The zero-order chi connectivity index (χ0) is 9.97. The minimum Gasteiger partial charge on any atom is -0.543 e. The van der Waals surface area contributed by atoms with Gasteiger partial charge in [0.05, 0.1) is 11.5 Å². The molecule has 0 aliphatic heterocycles. The molecule has 70 valence electrons. The Bertz CT molecular complexity index is 453. The van der Waals surface area contributed by atoms with Crippen LogP contribution >= 0.6 is 0 Å². The monoisotopic (exact) mass is 211 g/mol. The number of carbonyl (C=O) groups excluding carboxylic acids is 1. The van der Waals surface area contributed by atoms with Gasteiger partial charge in [-0.2, -0.15) is 0 Å². The molecule has 1 heterocycles. The third kappa shape index (κ3) is 2.47. The summed E-state index contributed by atoms with van der Waals surface area (Å²) in [5, 5.41) is 14.0. The summed E-state index contributed by atoms with van der Waals surface area (Å²) in [4.78, 5) is 10.6. The van der Waals surface area contributed by atoms with Gasteiger partial charge >= 0.3 is 29.6 Å². The first-order valence-corrected chi connectivity index (χ1v) is 4.00. The number of hydrogen-bond acceptors (Lipinski definition) is 4. The molecule has 0 atom stereocenters. The standard InChI is InChI=1S/C10H7NO3.Na/c12-10(13)9-8(6-14-11-9)7-4-2-1-3-5-7;/h1-6H,(H,12,13);/q;+1/p-1. The van der Waals surface area contributed by atoms with Crippen molar-refractivity contribution in [1.29, 1.82) is 0 Å². The van der Waals surface area contributed by atoms with Gasteiger partial charge in [0.15, 0.2) is 0 Å². The second kappa shape index (κ2) is 5.11. The molecule has 4 nitrogen and oxygen atoms in total. The van der Waals surface area contributed by atoms with Crippen LogP contribution in [0, 0.1) is 0 Å². The molecule has 15 heavy (non-hydrogen) atoms. The Hall–Kier alpha value is -1.10. The zero-order valence-corrected chi connectivity index (χ0v) is 10.1. The van der Waals surface area contributed by atoms with Crippen LogP contribution in [-0.2, 0) is 0 Å². The van der Waals surface area contributed by atoms with Gasteiger partial charge < -0.3 is 14.4 Å². The van der Waals surface area contributed by atoms with Gasteiger partial charge in [-0.15, -0.1) is 0 Å². The molecule has 2 aromatic rings. The molecule has 0 bridgehead atoms. The number of nitrogens with zero attached hydrogens (tertiary/aromatic N) is 1. The first-order valence-electron chi connectivity index (χ1n) is 4.00. The second-order valence-electron chi connectivity index (χ2n) is 2.73. The summed E-state index contributed by atoms with van der Waals surface area (Å²) in [5.74, 6) is -1.34. The van der Waals surface area contributed by atoms with Gasteiger partial charge in [0.2, 0.25) is 0 Å². The van der Waals surface area contributed by atoms with E-state index >= 15 is 0 Å². The number of aromatic carboxylic acids is 1. The maximum absolute atomic E-state index is 10.6. The average Bonchev–Trinajstić information content (AvgIpc) is 2.67. The van der Waals surface area contributed by atoms with Crippen molar-refractivity contribution in [2.75, 3.05) is 0 Å². The van der Waals surface area contributed by atoms with E-state index in [1.54, 1.807) is 24.3 Å². The van der Waals surface area contributed by atoms with Gasteiger partial charge in [-0.05, 0) is 5.56 Å². The smallest absolute Gasteiger partial charge is 0.543 e. The van der Waals surface area contributed by atoms with Crippen LogP contribution in [0.1, 0.15) is 10.5 Å². The number of carboxylic acid groups (broad SMARTS) is 1. The molecule has 0 aliphatic rings. The van der Waals surface area contributed by atoms with Crippen LogP contribution in [0.15, 0.2) is 41.1 Å². The molecular weight excluding hydrogens is 205 g/mol. The number of benzene rings is 1. The van der Waals surface area contributed by atoms with E-state index in [0.717, 1.165) is 5.56 Å². The van der Waals surface area contributed by atoms with E-state index in [1.165, 1.54) is 6.26 Å². The molecule has 0 fully saturated rings. The molecule has 2 rings (SSSR count). The Morgan fingerprint density at radius 2 is 1.93 bits per heavy atom. The van der Waals surface area contributed by atoms with Crippen molar-refractivity contribution in [1.82, 2.24) is 5.16 Å². The Morgan fingerprint density at radius 3 is 2.53 bits per heavy atom. The van der Waals surface area contributed by atoms with E-state index in [-0.39, 0.29) is 35.3 Å². The van der Waals surface area contributed by atoms with Gasteiger partial charge in [0, 0.05) is 0 Å². The molecule has 0 amide bonds. The third-order valence-electron chi connectivity index (χ3n) is 1.85. The Balaban J connectivity index is 0.00000112. The van der Waals surface area contributed by atoms with Crippen molar-refractivity contribution in [3.05, 3.63) is 42.3 Å². The minimum absolute atomic E-state index is 0. The van der Waals surface area contributed by atoms with E-state index in [1.807, 2.05) is 6.07 Å². The van der Waals surface area contributed by atoms with Crippen LogP contribution in [0.2, 0.25) is 0 Å². The van der Waals surface area contributed by atoms with E-state index in [2.05, 4.69) is 9.68 Å². The van der Waals surface area contributed by atoms with E-state index in [4.69, 9.17) is 0 Å². The Morgan fingerprint density at radius 1 is 1.27 bits per heavy atom. The van der Waals surface area contributed by atoms with E-state index < -0.39 is 5.97 Å². The molecule has 0 spiro atoms. The Labute approximate surface area is 108 Å². The molecule has 5 heteroatoms. The molecule has 1 aromatic heterocycles. The van der Waals surface area contributed by atoms with Gasteiger partial charge in [0.25, 0.3) is 0 Å². The van der Waals surface area contributed by atoms with Crippen molar-refractivity contribution in [3.63, 3.8) is 0 Å². The average molecular weight is 211 g/mol. The summed E-state index contributed by atoms with van der Waals surface area (Å²) in [6, 6.07) is 9.01. The van der Waals surface area contributed by atoms with Crippen LogP contribution in [0.5, 0.6) is 0 Å². The number of aromatic nitrogens is 1. The van der Waals surface area contributed by atoms with Crippen LogP contribution in [0.3, 0.4) is 0 Å². The first kappa shape index (κ1) is 12.0. The van der Waals surface area contributed by atoms with Gasteiger partial charge in [-0.25, -0.2) is 0 Å². The predicted octanol–water partition coefficient (Wildman–Crippen LogP) is -2.29. The number of rotatable bonds is 2. The first-order chi connectivity index (χ1) is 6.79. The molecule has 0 unspecified atom stereocenters. The van der Waals surface area contributed by atoms with E-state index in [0.29, 0.717) is 5.56 Å². The van der Waals surface area contributed by atoms with Crippen molar-refractivity contribution < 1.29 is 44.0 Å². The molecule has 0 aliphatic carbocycles. The minimum atomic E-state index is -1.34. The summed E-state index contributed by atoms with van der Waals surface area (Å²) in [6.07, 6.45) is 1.29. The van der Waals surface area contributed by atoms with Crippen LogP contribution in [0.4, 0.5) is 0 Å². The summed E-state index contributed by atoms with van der Waals surface area (Å²) in [7, 11) is 0. The van der Waals surface area contributed by atoms with Gasteiger partial charge in [-0.3, -0.25) is 0 Å². The van der Waals surface area contributed by atoms with Crippen molar-refractivity contribution in [3.8, 4) is 11.1 Å². The number of hydrogen-bond donors (Lipinski definition) is 0. The zero-order valence-electron chi connectivity index (χ0n) is 8.14. The maximum atomic E-state index is 10.6. The predicted molar refractivity (Wildman–Crippen MR) is 46.3 cm³/mol. The van der Waals surface area contributed by atoms with Crippen LogP contribution < -0.4 is 34.7 Å². The fraction of sp³-hybridized carbons (Fsp3) is 0. The van der Waals surface area contributed by atoms with Gasteiger partial charge in [-0.1, -0.05) is 35.5 Å². The topological polar surface area (TPSA) is 66.2 Å². The molecule has 0 N–H and O–H groups in total. The summed E-state index contributed by atoms with van der Waals surface area (Å²) in [6.45, 7) is 0. The molecule has 1 aromatic carbocycles. The van der Waals surface area contributed by atoms with Crippen LogP contribution in [-0.4, -0.2) is 11.1 Å². The third-order valence-corrected chi connectivity index (χ3v) is 1.85. The SMILES string of the molecule is O=C([O-])c1nocc1-c1ccccc1.[Na+]. The molecule has 0 radical (unpaired) electrons. The Kier molecular flexibility index (Phi) is 4.08. The normalized spacial score (nSPS) is 9.33. The van der Waals surface area contributed by atoms with Crippen LogP contribution in [0.25, 0.3) is 11.1 Å². The number of carboxylic acids is 1. The summed E-state index contributed by atoms with van der Waals surface area (Å²) < 4.78 is 4.59. The molecule has 0 saturated carbocycles. The maximum Gasteiger partial charge on any atom is 1.00 e. The molecular formula is C10H6NNaO3. The quantitative estimate of drug-likeness (QED) is 0.524. The van der Waals surface area contributed by atoms with Gasteiger partial charge in [0.1, 0.15) is 12.0 Å². The van der Waals surface area contributed by atoms with Crippen molar-refractivity contribution >= 4 is 5.97 Å². The van der Waals surface area contributed by atoms with Crippen molar-refractivity contribution in [2.45, 2.75) is 0 Å². The second-order valence-corrected chi connectivity index (χ2v) is 2.73. The van der Waals surface area contributed by atoms with Crippen molar-refractivity contribution in [2.24, 2.45) is 0 Å².